The Morgan fingerprint density at radius 2 is 1.88 bits per heavy atom. The van der Waals surface area contributed by atoms with Crippen molar-refractivity contribution in [3.63, 3.8) is 0 Å². The molecule has 2 aromatic rings. The summed E-state index contributed by atoms with van der Waals surface area (Å²) in [4.78, 5) is 4.22. The van der Waals surface area contributed by atoms with Crippen LogP contribution in [0.2, 0.25) is 0 Å². The lowest BCUT2D eigenvalue weighted by Crippen LogP contribution is -2.53. The molecule has 1 aromatic heterocycles. The predicted octanol–water partition coefficient (Wildman–Crippen LogP) is 2.27. The molecule has 130 valence electrons. The van der Waals surface area contributed by atoms with Gasteiger partial charge in [-0.25, -0.2) is 13.4 Å². The number of aryl methyl sites for hydroxylation is 2. The van der Waals surface area contributed by atoms with Crippen LogP contribution in [0.1, 0.15) is 31.3 Å². The third-order valence-corrected chi connectivity index (χ3v) is 6.52. The number of imidazole rings is 1. The van der Waals surface area contributed by atoms with E-state index in [0.29, 0.717) is 12.4 Å². The van der Waals surface area contributed by atoms with E-state index in [9.17, 15) is 8.42 Å². The van der Waals surface area contributed by atoms with Gasteiger partial charge in [-0.05, 0) is 26.3 Å². The second-order valence-electron chi connectivity index (χ2n) is 6.33. The van der Waals surface area contributed by atoms with Gasteiger partial charge in [0.05, 0.1) is 18.8 Å². The van der Waals surface area contributed by atoms with Crippen LogP contribution < -0.4 is 0 Å². The highest BCUT2D eigenvalue weighted by molar-refractivity contribution is 7.89. The number of morpholine rings is 1. The molecular weight excluding hydrogens is 326 g/mol. The van der Waals surface area contributed by atoms with Crippen molar-refractivity contribution in [2.24, 2.45) is 7.05 Å². The fraction of sp³-hybridized carbons (Fsp3) is 0.471. The Morgan fingerprint density at radius 3 is 2.46 bits per heavy atom. The quantitative estimate of drug-likeness (QED) is 0.853. The summed E-state index contributed by atoms with van der Waals surface area (Å²) < 4.78 is 35.5. The van der Waals surface area contributed by atoms with Crippen LogP contribution in [0.25, 0.3) is 0 Å². The summed E-state index contributed by atoms with van der Waals surface area (Å²) >= 11 is 0. The molecule has 6 nitrogen and oxygen atoms in total. The SMILES string of the molecule is Cc1nc(S(=O)(=O)N2[C@H](C)CO[C@H](c3ccccc3)[C@@H]2C)cn1C. The molecule has 0 spiro atoms. The number of hydrogen-bond donors (Lipinski definition) is 0. The van der Waals surface area contributed by atoms with Crippen molar-refractivity contribution in [3.8, 4) is 0 Å². The lowest BCUT2D eigenvalue weighted by molar-refractivity contribution is -0.0618. The minimum absolute atomic E-state index is 0.0925. The molecule has 1 aliphatic rings. The Hall–Kier alpha value is -1.70. The van der Waals surface area contributed by atoms with Gasteiger partial charge < -0.3 is 9.30 Å². The van der Waals surface area contributed by atoms with Gasteiger partial charge in [-0.2, -0.15) is 4.31 Å². The zero-order valence-electron chi connectivity index (χ0n) is 14.4. The van der Waals surface area contributed by atoms with Crippen molar-refractivity contribution in [1.29, 1.82) is 0 Å². The van der Waals surface area contributed by atoms with E-state index in [1.165, 1.54) is 4.31 Å². The van der Waals surface area contributed by atoms with E-state index in [1.807, 2.05) is 44.2 Å². The zero-order chi connectivity index (χ0) is 17.5. The Balaban J connectivity index is 1.98. The van der Waals surface area contributed by atoms with Gasteiger partial charge in [-0.3, -0.25) is 0 Å². The van der Waals surface area contributed by atoms with Gasteiger partial charge in [0, 0.05) is 19.3 Å². The average Bonchev–Trinajstić information content (AvgIpc) is 2.88. The molecule has 3 rings (SSSR count). The second kappa shape index (κ2) is 6.31. The van der Waals surface area contributed by atoms with Crippen LogP contribution in [-0.2, 0) is 21.8 Å². The van der Waals surface area contributed by atoms with Gasteiger partial charge in [0.1, 0.15) is 5.82 Å². The molecular formula is C17H23N3O3S. The number of hydrogen-bond acceptors (Lipinski definition) is 4. The molecule has 0 unspecified atom stereocenters. The highest BCUT2D eigenvalue weighted by atomic mass is 32.2. The number of aromatic nitrogens is 2. The molecule has 7 heteroatoms. The van der Waals surface area contributed by atoms with E-state index < -0.39 is 10.0 Å². The van der Waals surface area contributed by atoms with Crippen LogP contribution in [0, 0.1) is 6.92 Å². The Kier molecular flexibility index (Phi) is 4.50. The summed E-state index contributed by atoms with van der Waals surface area (Å²) in [6, 6.07) is 9.18. The third kappa shape index (κ3) is 2.87. The van der Waals surface area contributed by atoms with Crippen molar-refractivity contribution in [2.75, 3.05) is 6.61 Å². The summed E-state index contributed by atoms with van der Waals surface area (Å²) in [5.41, 5.74) is 0.981. The lowest BCUT2D eigenvalue weighted by Gasteiger charge is -2.42. The minimum atomic E-state index is -3.68. The summed E-state index contributed by atoms with van der Waals surface area (Å²) in [6.45, 7) is 5.90. The molecule has 3 atom stereocenters. The average molecular weight is 349 g/mol. The Morgan fingerprint density at radius 1 is 1.21 bits per heavy atom. The predicted molar refractivity (Wildman–Crippen MR) is 91.0 cm³/mol. The molecule has 1 fully saturated rings. The first-order chi connectivity index (χ1) is 11.3. The maximum absolute atomic E-state index is 13.1. The van der Waals surface area contributed by atoms with Crippen molar-refractivity contribution >= 4 is 10.0 Å². The molecule has 0 radical (unpaired) electrons. The van der Waals surface area contributed by atoms with Gasteiger partial charge in [0.25, 0.3) is 10.0 Å². The molecule has 0 amide bonds. The number of sulfonamides is 1. The summed E-state index contributed by atoms with van der Waals surface area (Å²) in [5.74, 6) is 0.668. The van der Waals surface area contributed by atoms with Crippen LogP contribution in [0.3, 0.4) is 0 Å². The smallest absolute Gasteiger partial charge is 0.262 e. The third-order valence-electron chi connectivity index (χ3n) is 4.55. The molecule has 0 N–H and O–H groups in total. The van der Waals surface area contributed by atoms with Crippen LogP contribution >= 0.6 is 0 Å². The maximum atomic E-state index is 13.1. The number of nitrogens with zero attached hydrogens (tertiary/aromatic N) is 3. The largest absolute Gasteiger partial charge is 0.370 e. The molecule has 24 heavy (non-hydrogen) atoms. The topological polar surface area (TPSA) is 64.4 Å². The second-order valence-corrected chi connectivity index (χ2v) is 8.12. The zero-order valence-corrected chi connectivity index (χ0v) is 15.2. The highest BCUT2D eigenvalue weighted by Crippen LogP contribution is 2.34. The van der Waals surface area contributed by atoms with Crippen molar-refractivity contribution in [1.82, 2.24) is 13.9 Å². The van der Waals surface area contributed by atoms with Crippen molar-refractivity contribution < 1.29 is 13.2 Å². The minimum Gasteiger partial charge on any atom is -0.370 e. The van der Waals surface area contributed by atoms with E-state index in [2.05, 4.69) is 4.98 Å². The van der Waals surface area contributed by atoms with E-state index in [-0.39, 0.29) is 23.2 Å². The molecule has 1 aliphatic heterocycles. The van der Waals surface area contributed by atoms with Gasteiger partial charge in [0.2, 0.25) is 0 Å². The normalized spacial score (nSPS) is 25.8. The van der Waals surface area contributed by atoms with Gasteiger partial charge in [0.15, 0.2) is 5.03 Å². The standard InChI is InChI=1S/C17H23N3O3S/c1-12-11-23-17(15-8-6-5-7-9-15)13(2)20(12)24(21,22)16-10-19(4)14(3)18-16/h5-10,12-13,17H,11H2,1-4H3/t12-,13+,17+/m1/s1. The first-order valence-electron chi connectivity index (χ1n) is 8.02. The fourth-order valence-corrected chi connectivity index (χ4v) is 5.06. The summed E-state index contributed by atoms with van der Waals surface area (Å²) in [6.07, 6.45) is 1.28. The van der Waals surface area contributed by atoms with Crippen molar-refractivity contribution in [2.45, 2.75) is 44.0 Å². The van der Waals surface area contributed by atoms with Crippen LogP contribution in [-0.4, -0.2) is 41.0 Å². The molecule has 1 aromatic carbocycles. The highest BCUT2D eigenvalue weighted by Gasteiger charge is 2.42. The molecule has 2 heterocycles. The molecule has 0 aliphatic carbocycles. The number of ether oxygens (including phenoxy) is 1. The first kappa shape index (κ1) is 17.1. The Labute approximate surface area is 143 Å². The van der Waals surface area contributed by atoms with Crippen molar-refractivity contribution in [3.05, 3.63) is 47.9 Å². The number of rotatable bonds is 3. The maximum Gasteiger partial charge on any atom is 0.262 e. The lowest BCUT2D eigenvalue weighted by atomic mass is 10.0. The molecule has 0 saturated carbocycles. The van der Waals surface area contributed by atoms with Crippen LogP contribution in [0.5, 0.6) is 0 Å². The van der Waals surface area contributed by atoms with Crippen LogP contribution in [0.4, 0.5) is 0 Å². The van der Waals surface area contributed by atoms with E-state index in [1.54, 1.807) is 24.7 Å². The van der Waals surface area contributed by atoms with Gasteiger partial charge in [-0.1, -0.05) is 30.3 Å². The van der Waals surface area contributed by atoms with E-state index >= 15 is 0 Å². The van der Waals surface area contributed by atoms with E-state index in [0.717, 1.165) is 5.56 Å². The first-order valence-corrected chi connectivity index (χ1v) is 9.46. The molecule has 0 bridgehead atoms. The fourth-order valence-electron chi connectivity index (χ4n) is 3.22. The van der Waals surface area contributed by atoms with Gasteiger partial charge in [-0.15, -0.1) is 0 Å². The Bertz CT molecular complexity index is 797. The monoisotopic (exact) mass is 349 g/mol. The van der Waals surface area contributed by atoms with Crippen LogP contribution in [0.15, 0.2) is 41.6 Å². The molecule has 1 saturated heterocycles. The summed E-state index contributed by atoms with van der Waals surface area (Å²) in [7, 11) is -1.89. The summed E-state index contributed by atoms with van der Waals surface area (Å²) in [5, 5.41) is 0.0925. The van der Waals surface area contributed by atoms with Gasteiger partial charge >= 0.3 is 0 Å². The van der Waals surface area contributed by atoms with E-state index in [4.69, 9.17) is 4.74 Å². The number of benzene rings is 1.